The van der Waals surface area contributed by atoms with Gasteiger partial charge in [-0.3, -0.25) is 4.79 Å². The maximum Gasteiger partial charge on any atom is 0.325 e. The van der Waals surface area contributed by atoms with Crippen LogP contribution in [0.3, 0.4) is 0 Å². The monoisotopic (exact) mass is 268 g/mol. The van der Waals surface area contributed by atoms with Crippen LogP contribution in [0.5, 0.6) is 0 Å². The summed E-state index contributed by atoms with van der Waals surface area (Å²) in [5.41, 5.74) is 1.10. The van der Waals surface area contributed by atoms with Crippen molar-refractivity contribution in [3.63, 3.8) is 0 Å². The highest BCUT2D eigenvalue weighted by Crippen LogP contribution is 2.19. The molecule has 5 heteroatoms. The summed E-state index contributed by atoms with van der Waals surface area (Å²) in [6, 6.07) is 7.23. The number of ether oxygens (including phenoxy) is 1. The van der Waals surface area contributed by atoms with Crippen LogP contribution in [0.1, 0.15) is 5.56 Å². The van der Waals surface area contributed by atoms with Crippen molar-refractivity contribution in [1.29, 1.82) is 5.26 Å². The first kappa shape index (κ1) is 11.5. The Balaban J connectivity index is 2.77. The molecule has 0 radical (unpaired) electrons. The minimum atomic E-state index is -0.373. The molecule has 1 N–H and O–H groups in total. The predicted molar refractivity (Wildman–Crippen MR) is 59.4 cm³/mol. The number of hydrogen-bond acceptors (Lipinski definition) is 4. The van der Waals surface area contributed by atoms with Gasteiger partial charge in [0.05, 0.1) is 18.4 Å². The molecule has 78 valence electrons. The van der Waals surface area contributed by atoms with Gasteiger partial charge in [0.25, 0.3) is 0 Å². The van der Waals surface area contributed by atoms with Crippen molar-refractivity contribution in [2.75, 3.05) is 19.0 Å². The van der Waals surface area contributed by atoms with Crippen LogP contribution >= 0.6 is 15.9 Å². The third-order valence-corrected chi connectivity index (χ3v) is 2.25. The maximum absolute atomic E-state index is 10.9. The Morgan fingerprint density at radius 2 is 2.40 bits per heavy atom. The van der Waals surface area contributed by atoms with Crippen LogP contribution in [0.2, 0.25) is 0 Å². The summed E-state index contributed by atoms with van der Waals surface area (Å²) < 4.78 is 5.30. The average molecular weight is 269 g/mol. The highest BCUT2D eigenvalue weighted by atomic mass is 79.9. The summed E-state index contributed by atoms with van der Waals surface area (Å²) in [7, 11) is 1.32. The number of nitrogens with zero attached hydrogens (tertiary/aromatic N) is 1. The van der Waals surface area contributed by atoms with Crippen molar-refractivity contribution < 1.29 is 9.53 Å². The Labute approximate surface area is 96.0 Å². The molecule has 0 saturated carbocycles. The highest BCUT2D eigenvalue weighted by Gasteiger charge is 2.04. The molecule has 0 aromatic heterocycles. The number of benzene rings is 1. The zero-order valence-corrected chi connectivity index (χ0v) is 9.67. The number of carbonyl (C=O) groups excluding carboxylic acids is 1. The topological polar surface area (TPSA) is 62.1 Å². The number of methoxy groups -OCH3 is 1. The second-order valence-corrected chi connectivity index (χ2v) is 3.65. The zero-order valence-electron chi connectivity index (χ0n) is 8.08. The van der Waals surface area contributed by atoms with E-state index < -0.39 is 0 Å². The highest BCUT2D eigenvalue weighted by molar-refractivity contribution is 9.10. The SMILES string of the molecule is COC(=O)CNc1ccc(Br)cc1C#N. The molecule has 4 nitrogen and oxygen atoms in total. The van der Waals surface area contributed by atoms with E-state index in [1.807, 2.05) is 6.07 Å². The van der Waals surface area contributed by atoms with Crippen molar-refractivity contribution in [3.8, 4) is 6.07 Å². The molecule has 0 atom stereocenters. The number of hydrogen-bond donors (Lipinski definition) is 1. The van der Waals surface area contributed by atoms with Gasteiger partial charge in [-0.1, -0.05) is 15.9 Å². The number of nitriles is 1. The smallest absolute Gasteiger partial charge is 0.325 e. The quantitative estimate of drug-likeness (QED) is 0.851. The number of esters is 1. The molecule has 0 bridgehead atoms. The molecule has 0 aliphatic carbocycles. The van der Waals surface area contributed by atoms with E-state index in [9.17, 15) is 4.79 Å². The fourth-order valence-corrected chi connectivity index (χ4v) is 1.36. The third-order valence-electron chi connectivity index (χ3n) is 1.75. The molecule has 1 aromatic rings. The molecule has 15 heavy (non-hydrogen) atoms. The van der Waals surface area contributed by atoms with Crippen molar-refractivity contribution in [2.45, 2.75) is 0 Å². The molecule has 0 unspecified atom stereocenters. The predicted octanol–water partition coefficient (Wildman–Crippen LogP) is 1.91. The number of carbonyl (C=O) groups is 1. The molecule has 1 aromatic carbocycles. The lowest BCUT2D eigenvalue weighted by atomic mass is 10.2. The largest absolute Gasteiger partial charge is 0.468 e. The Bertz CT molecular complexity index is 412. The maximum atomic E-state index is 10.9. The fraction of sp³-hybridized carbons (Fsp3) is 0.200. The number of rotatable bonds is 3. The number of anilines is 1. The van der Waals surface area contributed by atoms with Gasteiger partial charge in [0.15, 0.2) is 0 Å². The lowest BCUT2D eigenvalue weighted by Crippen LogP contribution is -2.15. The van der Waals surface area contributed by atoms with Crippen LogP contribution in [0.15, 0.2) is 22.7 Å². The van der Waals surface area contributed by atoms with Gasteiger partial charge in [-0.25, -0.2) is 0 Å². The Hall–Kier alpha value is -1.54. The van der Waals surface area contributed by atoms with Crippen molar-refractivity contribution in [3.05, 3.63) is 28.2 Å². The summed E-state index contributed by atoms with van der Waals surface area (Å²) in [6.07, 6.45) is 0. The minimum Gasteiger partial charge on any atom is -0.468 e. The van der Waals surface area contributed by atoms with E-state index in [2.05, 4.69) is 26.0 Å². The van der Waals surface area contributed by atoms with Crippen LogP contribution in [0.4, 0.5) is 5.69 Å². The van der Waals surface area contributed by atoms with Gasteiger partial charge in [0, 0.05) is 4.47 Å². The Morgan fingerprint density at radius 1 is 1.67 bits per heavy atom. The summed E-state index contributed by atoms with van der Waals surface area (Å²) in [6.45, 7) is 0.0484. The first-order valence-electron chi connectivity index (χ1n) is 4.17. The van der Waals surface area contributed by atoms with E-state index in [1.54, 1.807) is 18.2 Å². The van der Waals surface area contributed by atoms with Gasteiger partial charge >= 0.3 is 5.97 Å². The molecular weight excluding hydrogens is 260 g/mol. The molecule has 0 amide bonds. The van der Waals surface area contributed by atoms with E-state index in [0.717, 1.165) is 4.47 Å². The summed E-state index contributed by atoms with van der Waals surface area (Å²) in [4.78, 5) is 10.9. The normalized spacial score (nSPS) is 9.13. The molecule has 0 aliphatic heterocycles. The first-order chi connectivity index (χ1) is 7.17. The minimum absolute atomic E-state index is 0.0484. The Morgan fingerprint density at radius 3 is 3.00 bits per heavy atom. The molecule has 0 heterocycles. The van der Waals surface area contributed by atoms with Gasteiger partial charge in [-0.05, 0) is 18.2 Å². The number of halogens is 1. The average Bonchev–Trinajstić information content (AvgIpc) is 2.26. The Kier molecular flexibility index (Phi) is 4.13. The molecule has 1 rings (SSSR count). The number of nitrogens with one attached hydrogen (secondary N) is 1. The van der Waals surface area contributed by atoms with E-state index >= 15 is 0 Å². The fourth-order valence-electron chi connectivity index (χ4n) is 1.00. The molecule has 0 aliphatic rings. The van der Waals surface area contributed by atoms with Crippen LogP contribution < -0.4 is 5.32 Å². The van der Waals surface area contributed by atoms with E-state index in [0.29, 0.717) is 11.3 Å². The first-order valence-corrected chi connectivity index (χ1v) is 4.97. The van der Waals surface area contributed by atoms with Crippen molar-refractivity contribution >= 4 is 27.6 Å². The lowest BCUT2D eigenvalue weighted by Gasteiger charge is -2.06. The second-order valence-electron chi connectivity index (χ2n) is 2.73. The van der Waals surface area contributed by atoms with Gasteiger partial charge in [0.2, 0.25) is 0 Å². The van der Waals surface area contributed by atoms with Crippen LogP contribution in [-0.4, -0.2) is 19.6 Å². The van der Waals surface area contributed by atoms with Gasteiger partial charge in [0.1, 0.15) is 12.6 Å². The van der Waals surface area contributed by atoms with Crippen molar-refractivity contribution in [2.24, 2.45) is 0 Å². The van der Waals surface area contributed by atoms with Crippen LogP contribution in [0.25, 0.3) is 0 Å². The summed E-state index contributed by atoms with van der Waals surface area (Å²) in [5.74, 6) is -0.373. The second kappa shape index (κ2) is 5.37. The zero-order chi connectivity index (χ0) is 11.3. The van der Waals surface area contributed by atoms with Gasteiger partial charge in [-0.15, -0.1) is 0 Å². The molecule has 0 fully saturated rings. The third kappa shape index (κ3) is 3.26. The van der Waals surface area contributed by atoms with E-state index in [4.69, 9.17) is 5.26 Å². The van der Waals surface area contributed by atoms with Crippen molar-refractivity contribution in [1.82, 2.24) is 0 Å². The summed E-state index contributed by atoms with van der Waals surface area (Å²) in [5, 5.41) is 11.7. The molecule has 0 spiro atoms. The van der Waals surface area contributed by atoms with Gasteiger partial charge < -0.3 is 10.1 Å². The van der Waals surface area contributed by atoms with Crippen LogP contribution in [-0.2, 0) is 9.53 Å². The summed E-state index contributed by atoms with van der Waals surface area (Å²) >= 11 is 3.26. The van der Waals surface area contributed by atoms with Gasteiger partial charge in [-0.2, -0.15) is 5.26 Å². The molecular formula is C10H9BrN2O2. The molecule has 0 saturated heterocycles. The van der Waals surface area contributed by atoms with E-state index in [-0.39, 0.29) is 12.5 Å². The standard InChI is InChI=1S/C10H9BrN2O2/c1-15-10(14)6-13-9-3-2-8(11)4-7(9)5-12/h2-4,13H,6H2,1H3. The van der Waals surface area contributed by atoms with E-state index in [1.165, 1.54) is 7.11 Å². The van der Waals surface area contributed by atoms with Crippen LogP contribution in [0, 0.1) is 11.3 Å². The lowest BCUT2D eigenvalue weighted by molar-refractivity contribution is -0.138.